The van der Waals surface area contributed by atoms with Crippen molar-refractivity contribution in [1.29, 1.82) is 0 Å². The monoisotopic (exact) mass is 276 g/mol. The summed E-state index contributed by atoms with van der Waals surface area (Å²) in [4.78, 5) is 23.7. The van der Waals surface area contributed by atoms with Gasteiger partial charge in [-0.1, -0.05) is 24.5 Å². The van der Waals surface area contributed by atoms with E-state index >= 15 is 0 Å². The van der Waals surface area contributed by atoms with Crippen molar-refractivity contribution in [1.82, 2.24) is 0 Å². The molecule has 0 aromatic heterocycles. The van der Waals surface area contributed by atoms with Gasteiger partial charge in [0.1, 0.15) is 0 Å². The van der Waals surface area contributed by atoms with Crippen LogP contribution in [0.2, 0.25) is 0 Å². The minimum absolute atomic E-state index is 0.114. The normalized spacial score (nSPS) is 16.9. The molecule has 108 valence electrons. The molecule has 0 heterocycles. The van der Waals surface area contributed by atoms with E-state index in [2.05, 4.69) is 5.32 Å². The zero-order valence-corrected chi connectivity index (χ0v) is 11.6. The summed E-state index contributed by atoms with van der Waals surface area (Å²) in [6, 6.07) is 4.98. The van der Waals surface area contributed by atoms with Crippen molar-refractivity contribution < 1.29 is 14.7 Å². The molecule has 0 radical (unpaired) electrons. The highest BCUT2D eigenvalue weighted by Gasteiger charge is 2.40. The van der Waals surface area contributed by atoms with Gasteiger partial charge in [0, 0.05) is 6.54 Å². The quantitative estimate of drug-likeness (QED) is 0.785. The Balaban J connectivity index is 2.25. The first-order chi connectivity index (χ1) is 9.48. The second-order valence-corrected chi connectivity index (χ2v) is 5.50. The Morgan fingerprint density at radius 1 is 1.35 bits per heavy atom. The fourth-order valence-corrected chi connectivity index (χ4v) is 2.77. The molecule has 0 aliphatic heterocycles. The molecule has 5 nitrogen and oxygen atoms in total. The van der Waals surface area contributed by atoms with Gasteiger partial charge in [0.2, 0.25) is 5.91 Å². The molecule has 20 heavy (non-hydrogen) atoms. The van der Waals surface area contributed by atoms with Crippen molar-refractivity contribution >= 4 is 17.6 Å². The molecule has 0 unspecified atom stereocenters. The molecule has 2 rings (SSSR count). The second kappa shape index (κ2) is 5.63. The summed E-state index contributed by atoms with van der Waals surface area (Å²) >= 11 is 0. The minimum atomic E-state index is -1.04. The van der Waals surface area contributed by atoms with E-state index < -0.39 is 11.4 Å². The zero-order chi connectivity index (χ0) is 14.8. The molecule has 0 bridgehead atoms. The maximum absolute atomic E-state index is 12.4. The number of carboxylic acid groups (broad SMARTS) is 1. The highest BCUT2D eigenvalue weighted by atomic mass is 16.4. The Morgan fingerprint density at radius 3 is 2.55 bits per heavy atom. The van der Waals surface area contributed by atoms with Crippen LogP contribution in [0.15, 0.2) is 18.2 Å². The average molecular weight is 276 g/mol. The first-order valence-electron chi connectivity index (χ1n) is 6.84. The number of anilines is 1. The predicted molar refractivity (Wildman–Crippen MR) is 76.7 cm³/mol. The number of rotatable bonds is 4. The van der Waals surface area contributed by atoms with Crippen molar-refractivity contribution in [3.8, 4) is 0 Å². The topological polar surface area (TPSA) is 92.4 Å². The number of hydrogen-bond donors (Lipinski definition) is 3. The maximum Gasteiger partial charge on any atom is 0.337 e. The number of hydrogen-bond acceptors (Lipinski definition) is 3. The van der Waals surface area contributed by atoms with Crippen LogP contribution >= 0.6 is 0 Å². The number of aromatic carboxylic acids is 1. The van der Waals surface area contributed by atoms with Gasteiger partial charge in [0.05, 0.1) is 16.7 Å². The largest absolute Gasteiger partial charge is 0.478 e. The number of nitrogens with one attached hydrogen (secondary N) is 1. The number of aryl methyl sites for hydroxylation is 1. The van der Waals surface area contributed by atoms with E-state index in [1.807, 2.05) is 6.92 Å². The Kier molecular flexibility index (Phi) is 4.09. The molecule has 5 heteroatoms. The number of carboxylic acids is 1. The predicted octanol–water partition coefficient (Wildman–Crippen LogP) is 2.15. The summed E-state index contributed by atoms with van der Waals surface area (Å²) in [6.45, 7) is 2.11. The van der Waals surface area contributed by atoms with Crippen LogP contribution in [0.25, 0.3) is 0 Å². The lowest BCUT2D eigenvalue weighted by molar-refractivity contribution is -0.124. The van der Waals surface area contributed by atoms with Crippen LogP contribution < -0.4 is 11.1 Å². The van der Waals surface area contributed by atoms with Gasteiger partial charge in [-0.05, 0) is 31.9 Å². The summed E-state index contributed by atoms with van der Waals surface area (Å²) < 4.78 is 0. The Morgan fingerprint density at radius 2 is 2.00 bits per heavy atom. The molecule has 4 N–H and O–H groups in total. The van der Waals surface area contributed by atoms with Gasteiger partial charge >= 0.3 is 5.97 Å². The summed E-state index contributed by atoms with van der Waals surface area (Å²) in [5.41, 5.74) is 6.52. The van der Waals surface area contributed by atoms with Crippen LogP contribution in [0.5, 0.6) is 0 Å². The van der Waals surface area contributed by atoms with Crippen LogP contribution in [0, 0.1) is 12.3 Å². The second-order valence-electron chi connectivity index (χ2n) is 5.50. The lowest BCUT2D eigenvalue weighted by Gasteiger charge is -2.26. The summed E-state index contributed by atoms with van der Waals surface area (Å²) in [7, 11) is 0. The third-order valence-electron chi connectivity index (χ3n) is 4.09. The van der Waals surface area contributed by atoms with E-state index in [0.29, 0.717) is 12.2 Å². The van der Waals surface area contributed by atoms with Gasteiger partial charge in [-0.3, -0.25) is 4.79 Å². The fourth-order valence-electron chi connectivity index (χ4n) is 2.77. The highest BCUT2D eigenvalue weighted by molar-refractivity contribution is 6.02. The van der Waals surface area contributed by atoms with Crippen molar-refractivity contribution in [3.63, 3.8) is 0 Å². The Bertz CT molecular complexity index is 534. The van der Waals surface area contributed by atoms with Gasteiger partial charge in [0.25, 0.3) is 0 Å². The van der Waals surface area contributed by atoms with Crippen molar-refractivity contribution in [3.05, 3.63) is 29.3 Å². The molecule has 1 fully saturated rings. The average Bonchev–Trinajstić information content (AvgIpc) is 2.90. The molecular weight excluding hydrogens is 256 g/mol. The summed E-state index contributed by atoms with van der Waals surface area (Å²) in [5, 5.41) is 12.0. The van der Waals surface area contributed by atoms with Gasteiger partial charge in [-0.25, -0.2) is 4.79 Å². The lowest BCUT2D eigenvalue weighted by atomic mass is 9.85. The van der Waals surface area contributed by atoms with Gasteiger partial charge < -0.3 is 16.2 Å². The molecule has 1 saturated carbocycles. The van der Waals surface area contributed by atoms with E-state index in [-0.39, 0.29) is 11.5 Å². The van der Waals surface area contributed by atoms with E-state index in [1.54, 1.807) is 18.2 Å². The minimum Gasteiger partial charge on any atom is -0.478 e. The number of carbonyl (C=O) groups is 2. The summed E-state index contributed by atoms with van der Waals surface area (Å²) in [5.74, 6) is -1.21. The Labute approximate surface area is 118 Å². The van der Waals surface area contributed by atoms with Gasteiger partial charge in [-0.15, -0.1) is 0 Å². The fraction of sp³-hybridized carbons (Fsp3) is 0.467. The van der Waals surface area contributed by atoms with Crippen molar-refractivity contribution in [2.45, 2.75) is 32.6 Å². The Hall–Kier alpha value is -1.88. The van der Waals surface area contributed by atoms with Crippen molar-refractivity contribution in [2.75, 3.05) is 11.9 Å². The number of carbonyl (C=O) groups excluding carboxylic acids is 1. The number of benzene rings is 1. The lowest BCUT2D eigenvalue weighted by Crippen LogP contribution is -2.40. The molecule has 0 spiro atoms. The standard InChI is InChI=1S/C15H20N2O3/c1-10-4-5-12(11(8-10)13(18)19)17-14(20)15(9-16)6-2-3-7-15/h4-5,8H,2-3,6-7,9,16H2,1H3,(H,17,20)(H,18,19). The van der Waals surface area contributed by atoms with Crippen molar-refractivity contribution in [2.24, 2.45) is 11.1 Å². The maximum atomic E-state index is 12.4. The van der Waals surface area contributed by atoms with Crippen LogP contribution in [0.4, 0.5) is 5.69 Å². The van der Waals surface area contributed by atoms with E-state index in [1.165, 1.54) is 0 Å². The van der Waals surface area contributed by atoms with Gasteiger partial charge in [0.15, 0.2) is 0 Å². The first kappa shape index (κ1) is 14.5. The van der Waals surface area contributed by atoms with Crippen LogP contribution in [-0.4, -0.2) is 23.5 Å². The smallest absolute Gasteiger partial charge is 0.337 e. The van der Waals surface area contributed by atoms with Gasteiger partial charge in [-0.2, -0.15) is 0 Å². The van der Waals surface area contributed by atoms with Crippen LogP contribution in [0.3, 0.4) is 0 Å². The number of nitrogens with two attached hydrogens (primary N) is 1. The molecule has 1 aliphatic carbocycles. The van der Waals surface area contributed by atoms with E-state index in [0.717, 1.165) is 31.2 Å². The zero-order valence-electron chi connectivity index (χ0n) is 11.6. The molecule has 1 aromatic rings. The van der Waals surface area contributed by atoms with Crippen LogP contribution in [0.1, 0.15) is 41.6 Å². The molecule has 0 saturated heterocycles. The summed E-state index contributed by atoms with van der Waals surface area (Å²) in [6.07, 6.45) is 3.52. The molecule has 1 aliphatic rings. The highest BCUT2D eigenvalue weighted by Crippen LogP contribution is 2.38. The van der Waals surface area contributed by atoms with E-state index in [9.17, 15) is 14.7 Å². The molecule has 0 atom stereocenters. The third kappa shape index (κ3) is 2.67. The molecule has 1 aromatic carbocycles. The van der Waals surface area contributed by atoms with E-state index in [4.69, 9.17) is 5.73 Å². The molecule has 1 amide bonds. The third-order valence-corrected chi connectivity index (χ3v) is 4.09. The van der Waals surface area contributed by atoms with Crippen LogP contribution in [-0.2, 0) is 4.79 Å². The number of amides is 1. The first-order valence-corrected chi connectivity index (χ1v) is 6.84. The SMILES string of the molecule is Cc1ccc(NC(=O)C2(CN)CCCC2)c(C(=O)O)c1. The molecular formula is C15H20N2O3.